The van der Waals surface area contributed by atoms with Crippen molar-refractivity contribution in [2.45, 2.75) is 65.5 Å². The summed E-state index contributed by atoms with van der Waals surface area (Å²) < 4.78 is 24.6. The van der Waals surface area contributed by atoms with E-state index in [2.05, 4.69) is 79.4 Å². The first-order valence-electron chi connectivity index (χ1n) is 7.32. The summed E-state index contributed by atoms with van der Waals surface area (Å²) in [6, 6.07) is 0. The van der Waals surface area contributed by atoms with E-state index in [4.69, 9.17) is 8.23 Å². The van der Waals surface area contributed by atoms with Gasteiger partial charge in [-0.15, -0.1) is 0 Å². The number of nitrogens with one attached hydrogen (secondary N) is 3. The lowest BCUT2D eigenvalue weighted by Crippen LogP contribution is -2.81. The zero-order valence-electron chi connectivity index (χ0n) is 14.8. The van der Waals surface area contributed by atoms with Crippen molar-refractivity contribution in [1.29, 1.82) is 0 Å². The van der Waals surface area contributed by atoms with E-state index in [1.807, 2.05) is 0 Å². The van der Waals surface area contributed by atoms with Crippen LogP contribution in [-0.2, 0) is 8.23 Å². The van der Waals surface area contributed by atoms with Crippen LogP contribution in [0.5, 0.6) is 0 Å². The molecule has 0 aromatic carbocycles. The molecule has 1 fully saturated rings. The standard InChI is InChI=1S/C10H33N3O2Si5/c1-16(2)11-17(3,4)13-19(7,8)15-20(9,10)14-18(5,6)12-16/h11-13H,1-10H3. The van der Waals surface area contributed by atoms with Crippen molar-refractivity contribution in [3.63, 3.8) is 0 Å². The van der Waals surface area contributed by atoms with Crippen LogP contribution < -0.4 is 13.9 Å². The molecule has 0 unspecified atom stereocenters. The number of hydrogen-bond donors (Lipinski definition) is 3. The molecule has 0 amide bonds. The molecule has 0 aliphatic carbocycles. The highest BCUT2D eigenvalue weighted by Crippen LogP contribution is 2.21. The molecule has 1 aliphatic heterocycles. The van der Waals surface area contributed by atoms with Gasteiger partial charge in [-0.05, 0) is 65.5 Å². The third-order valence-corrected chi connectivity index (χ3v) is 25.7. The number of hydrogen-bond acceptors (Lipinski definition) is 5. The van der Waals surface area contributed by atoms with Gasteiger partial charge in [0, 0.05) is 0 Å². The molecule has 3 N–H and O–H groups in total. The Morgan fingerprint density at radius 1 is 0.500 bits per heavy atom. The van der Waals surface area contributed by atoms with Gasteiger partial charge in [0.15, 0.2) is 16.8 Å². The maximum atomic E-state index is 6.49. The summed E-state index contributed by atoms with van der Waals surface area (Å²) in [4.78, 5) is 0. The lowest BCUT2D eigenvalue weighted by Gasteiger charge is -2.48. The van der Waals surface area contributed by atoms with Gasteiger partial charge in [-0.1, -0.05) is 0 Å². The first-order chi connectivity index (χ1) is 8.54. The van der Waals surface area contributed by atoms with Gasteiger partial charge in [-0.25, -0.2) is 0 Å². The van der Waals surface area contributed by atoms with E-state index < -0.39 is 42.3 Å². The average Bonchev–Trinajstić information content (AvgIpc) is 1.84. The van der Waals surface area contributed by atoms with Crippen molar-refractivity contribution in [3.8, 4) is 0 Å². The van der Waals surface area contributed by atoms with Crippen LogP contribution in [0.15, 0.2) is 0 Å². The molecular weight excluding hydrogens is 335 g/mol. The molecule has 1 aliphatic rings. The lowest BCUT2D eigenvalue weighted by atomic mass is 11.9. The van der Waals surface area contributed by atoms with Crippen molar-refractivity contribution < 1.29 is 8.23 Å². The Balaban J connectivity index is 3.15. The first kappa shape index (κ1) is 18.9. The van der Waals surface area contributed by atoms with E-state index in [0.717, 1.165) is 0 Å². The Hall–Kier alpha value is 0.884. The molecule has 0 saturated carbocycles. The Labute approximate surface area is 130 Å². The number of rotatable bonds is 0. The highest BCUT2D eigenvalue weighted by molar-refractivity contribution is 7.01. The van der Waals surface area contributed by atoms with Crippen LogP contribution in [0.1, 0.15) is 0 Å². The minimum atomic E-state index is -2.11. The monoisotopic (exact) mass is 367 g/mol. The van der Waals surface area contributed by atoms with Crippen LogP contribution >= 0.6 is 0 Å². The zero-order valence-corrected chi connectivity index (χ0v) is 19.8. The van der Waals surface area contributed by atoms with Crippen molar-refractivity contribution in [3.05, 3.63) is 0 Å². The van der Waals surface area contributed by atoms with Gasteiger partial charge in [-0.2, -0.15) is 0 Å². The smallest absolute Gasteiger partial charge is 0.312 e. The average molecular weight is 368 g/mol. The highest BCUT2D eigenvalue weighted by atomic mass is 28.5. The molecule has 0 spiro atoms. The van der Waals surface area contributed by atoms with Crippen LogP contribution in [0.3, 0.4) is 0 Å². The predicted molar refractivity (Wildman–Crippen MR) is 99.0 cm³/mol. The van der Waals surface area contributed by atoms with Gasteiger partial charge >= 0.3 is 8.56 Å². The second-order valence-electron chi connectivity index (χ2n) is 8.25. The summed E-state index contributed by atoms with van der Waals surface area (Å²) in [6.07, 6.45) is 0. The molecular formula is C10H33N3O2Si5. The molecule has 10 heteroatoms. The quantitative estimate of drug-likeness (QED) is 0.574. The minimum Gasteiger partial charge on any atom is -0.425 e. The van der Waals surface area contributed by atoms with Crippen LogP contribution in [0, 0.1) is 0 Å². The third-order valence-electron chi connectivity index (χ3n) is 2.85. The molecule has 0 bridgehead atoms. The van der Waals surface area contributed by atoms with Gasteiger partial charge in [0.2, 0.25) is 17.0 Å². The summed E-state index contributed by atoms with van der Waals surface area (Å²) in [5.74, 6) is 0. The van der Waals surface area contributed by atoms with Gasteiger partial charge in [0.1, 0.15) is 0 Å². The molecule has 0 aromatic rings. The molecule has 1 rings (SSSR count). The fourth-order valence-electron chi connectivity index (χ4n) is 3.65. The van der Waals surface area contributed by atoms with Crippen molar-refractivity contribution in [1.82, 2.24) is 13.9 Å². The third kappa shape index (κ3) is 6.33. The lowest BCUT2D eigenvalue weighted by molar-refractivity contribution is 0.383. The van der Waals surface area contributed by atoms with Gasteiger partial charge in [0.05, 0.1) is 0 Å². The van der Waals surface area contributed by atoms with E-state index in [-0.39, 0.29) is 0 Å². The van der Waals surface area contributed by atoms with E-state index in [9.17, 15) is 0 Å². The van der Waals surface area contributed by atoms with E-state index in [1.165, 1.54) is 0 Å². The second-order valence-corrected chi connectivity index (χ2v) is 28.2. The molecule has 20 heavy (non-hydrogen) atoms. The van der Waals surface area contributed by atoms with E-state index in [0.29, 0.717) is 0 Å². The highest BCUT2D eigenvalue weighted by Gasteiger charge is 2.47. The molecule has 1 heterocycles. The topological polar surface area (TPSA) is 54.5 Å². The Morgan fingerprint density at radius 3 is 1.10 bits per heavy atom. The maximum Gasteiger partial charge on any atom is 0.312 e. The summed E-state index contributed by atoms with van der Waals surface area (Å²) >= 11 is 0. The first-order valence-corrected chi connectivity index (χ1v) is 21.9. The van der Waals surface area contributed by atoms with Crippen molar-refractivity contribution >= 4 is 42.3 Å². The molecule has 5 nitrogen and oxygen atoms in total. The largest absolute Gasteiger partial charge is 0.425 e. The fourth-order valence-corrected chi connectivity index (χ4v) is 35.3. The molecule has 1 saturated heterocycles. The van der Waals surface area contributed by atoms with Gasteiger partial charge < -0.3 is 22.2 Å². The summed E-state index contributed by atoms with van der Waals surface area (Å²) in [5, 5.41) is 0. The van der Waals surface area contributed by atoms with Gasteiger partial charge in [0.25, 0.3) is 0 Å². The SMILES string of the molecule is C[Si]1(C)N[Si](C)(C)N[Si](C)(C)O[Si](C)(C)O[Si](C)(C)N1. The maximum absolute atomic E-state index is 6.49. The summed E-state index contributed by atoms with van der Waals surface area (Å²) in [6.45, 7) is 22.7. The van der Waals surface area contributed by atoms with Gasteiger partial charge in [-0.3, -0.25) is 0 Å². The predicted octanol–water partition coefficient (Wildman–Crippen LogP) is 2.31. The molecule has 0 radical (unpaired) electrons. The van der Waals surface area contributed by atoms with E-state index >= 15 is 0 Å². The Morgan fingerprint density at radius 2 is 0.800 bits per heavy atom. The minimum absolute atomic E-state index is 1.70. The van der Waals surface area contributed by atoms with Crippen LogP contribution in [0.4, 0.5) is 0 Å². The zero-order chi connectivity index (χ0) is 16.0. The Kier molecular flexibility index (Phi) is 5.21. The molecule has 0 aromatic heterocycles. The second kappa shape index (κ2) is 5.51. The van der Waals surface area contributed by atoms with E-state index in [1.54, 1.807) is 0 Å². The van der Waals surface area contributed by atoms with Crippen LogP contribution in [0.2, 0.25) is 65.5 Å². The summed E-state index contributed by atoms with van der Waals surface area (Å²) in [5.41, 5.74) is 0. The van der Waals surface area contributed by atoms with Crippen LogP contribution in [0.25, 0.3) is 0 Å². The van der Waals surface area contributed by atoms with Crippen LogP contribution in [-0.4, -0.2) is 42.3 Å². The Bertz CT molecular complexity index is 273. The van der Waals surface area contributed by atoms with Crippen molar-refractivity contribution in [2.75, 3.05) is 0 Å². The molecule has 0 atom stereocenters. The molecule has 120 valence electrons. The fraction of sp³-hybridized carbons (Fsp3) is 1.00. The summed E-state index contributed by atoms with van der Waals surface area (Å²) in [7, 11) is -9.35. The van der Waals surface area contributed by atoms with Crippen molar-refractivity contribution in [2.24, 2.45) is 0 Å². The normalized spacial score (nSPS) is 31.5.